The van der Waals surface area contributed by atoms with E-state index in [4.69, 9.17) is 9.84 Å². The third-order valence-corrected chi connectivity index (χ3v) is 4.01. The Morgan fingerprint density at radius 2 is 1.81 bits per heavy atom. The Morgan fingerprint density at radius 1 is 1.15 bits per heavy atom. The van der Waals surface area contributed by atoms with Crippen molar-refractivity contribution in [1.29, 1.82) is 0 Å². The monoisotopic (exact) mass is 370 g/mol. The Balaban J connectivity index is 2.18. The molecule has 0 aliphatic carbocycles. The highest BCUT2D eigenvalue weighted by Crippen LogP contribution is 2.18. The minimum absolute atomic E-state index is 0.0548. The van der Waals surface area contributed by atoms with Gasteiger partial charge >= 0.3 is 5.97 Å². The van der Waals surface area contributed by atoms with Crippen LogP contribution >= 0.6 is 0 Å². The van der Waals surface area contributed by atoms with Crippen LogP contribution in [0.4, 0.5) is 0 Å². The second kappa shape index (κ2) is 8.66. The molecule has 1 aromatic carbocycles. The van der Waals surface area contributed by atoms with E-state index in [-0.39, 0.29) is 22.6 Å². The number of nitrogens with zero attached hydrogens (tertiary/aromatic N) is 2. The highest BCUT2D eigenvalue weighted by atomic mass is 16.5. The van der Waals surface area contributed by atoms with Crippen molar-refractivity contribution in [2.75, 3.05) is 20.2 Å². The molecule has 1 amide bonds. The van der Waals surface area contributed by atoms with Gasteiger partial charge in [0, 0.05) is 19.3 Å². The molecule has 0 bridgehead atoms. The zero-order valence-electron chi connectivity index (χ0n) is 16.2. The van der Waals surface area contributed by atoms with Crippen LogP contribution in [0.1, 0.15) is 47.2 Å². The average molecular weight is 370 g/mol. The normalized spacial score (nSPS) is 11.1. The van der Waals surface area contributed by atoms with Gasteiger partial charge in [-0.2, -0.15) is 0 Å². The number of aromatic carboxylic acids is 1. The van der Waals surface area contributed by atoms with E-state index >= 15 is 0 Å². The molecule has 1 aromatic heterocycles. The second-order valence-electron chi connectivity index (χ2n) is 7.62. The molecular formula is C21H26N2O4. The van der Waals surface area contributed by atoms with Gasteiger partial charge in [-0.1, -0.05) is 32.9 Å². The summed E-state index contributed by atoms with van der Waals surface area (Å²) in [7, 11) is 1.62. The summed E-state index contributed by atoms with van der Waals surface area (Å²) in [5, 5.41) is 9.15. The number of hydrogen-bond donors (Lipinski definition) is 1. The standard InChI is InChI=1S/C21H26N2O4/c1-21(2,3)14-23(12-10-15-5-7-17(27-4)8-6-15)19(24)18-13-16(20(25)26)9-11-22-18/h5-9,11,13H,10,12,14H2,1-4H3,(H,25,26). The predicted octanol–water partition coefficient (Wildman–Crippen LogP) is 3.52. The third-order valence-electron chi connectivity index (χ3n) is 4.01. The second-order valence-corrected chi connectivity index (χ2v) is 7.62. The van der Waals surface area contributed by atoms with Gasteiger partial charge in [0.05, 0.1) is 12.7 Å². The number of methoxy groups -OCH3 is 1. The Hall–Kier alpha value is -2.89. The Morgan fingerprint density at radius 3 is 2.37 bits per heavy atom. The first-order valence-electron chi connectivity index (χ1n) is 8.81. The number of rotatable bonds is 7. The molecule has 0 atom stereocenters. The quantitative estimate of drug-likeness (QED) is 0.807. The van der Waals surface area contributed by atoms with Crippen LogP contribution in [0.3, 0.4) is 0 Å². The molecule has 2 rings (SSSR count). The number of ether oxygens (including phenoxy) is 1. The topological polar surface area (TPSA) is 79.7 Å². The molecular weight excluding hydrogens is 344 g/mol. The molecule has 0 spiro atoms. The molecule has 0 saturated carbocycles. The van der Waals surface area contributed by atoms with Crippen LogP contribution in [0.25, 0.3) is 0 Å². The fraction of sp³-hybridized carbons (Fsp3) is 0.381. The molecule has 0 aliphatic heterocycles. The number of benzene rings is 1. The van der Waals surface area contributed by atoms with E-state index in [2.05, 4.69) is 25.8 Å². The number of pyridine rings is 1. The zero-order chi connectivity index (χ0) is 20.0. The number of aromatic nitrogens is 1. The smallest absolute Gasteiger partial charge is 0.335 e. The van der Waals surface area contributed by atoms with Crippen molar-refractivity contribution < 1.29 is 19.4 Å². The first kappa shape index (κ1) is 20.4. The van der Waals surface area contributed by atoms with Crippen LogP contribution in [0, 0.1) is 5.41 Å². The van der Waals surface area contributed by atoms with Gasteiger partial charge < -0.3 is 14.7 Å². The van der Waals surface area contributed by atoms with Crippen molar-refractivity contribution in [1.82, 2.24) is 9.88 Å². The van der Waals surface area contributed by atoms with Crippen LogP contribution in [-0.4, -0.2) is 47.1 Å². The molecule has 0 unspecified atom stereocenters. The van der Waals surface area contributed by atoms with E-state index in [0.29, 0.717) is 19.5 Å². The summed E-state index contributed by atoms with van der Waals surface area (Å²) in [5.41, 5.74) is 1.20. The summed E-state index contributed by atoms with van der Waals surface area (Å²) in [5.74, 6) is -0.551. The van der Waals surface area contributed by atoms with E-state index in [1.54, 1.807) is 12.0 Å². The maximum absolute atomic E-state index is 13.0. The summed E-state index contributed by atoms with van der Waals surface area (Å²) in [4.78, 5) is 30.0. The lowest BCUT2D eigenvalue weighted by molar-refractivity contribution is 0.0691. The van der Waals surface area contributed by atoms with Crippen LogP contribution in [0.15, 0.2) is 42.6 Å². The van der Waals surface area contributed by atoms with Crippen LogP contribution in [0.5, 0.6) is 5.75 Å². The zero-order valence-corrected chi connectivity index (χ0v) is 16.2. The SMILES string of the molecule is COc1ccc(CCN(CC(C)(C)C)C(=O)c2cc(C(=O)O)ccn2)cc1. The number of carbonyl (C=O) groups is 2. The van der Waals surface area contributed by atoms with Gasteiger partial charge in [0.1, 0.15) is 11.4 Å². The lowest BCUT2D eigenvalue weighted by Gasteiger charge is -2.30. The lowest BCUT2D eigenvalue weighted by atomic mass is 9.95. The molecule has 0 fully saturated rings. The van der Waals surface area contributed by atoms with Crippen molar-refractivity contribution in [3.05, 3.63) is 59.4 Å². The predicted molar refractivity (Wildman–Crippen MR) is 103 cm³/mol. The number of amides is 1. The third kappa shape index (κ3) is 6.09. The number of carboxylic acids is 1. The maximum atomic E-state index is 13.0. The van der Waals surface area contributed by atoms with Gasteiger partial charge in [-0.3, -0.25) is 9.78 Å². The fourth-order valence-electron chi connectivity index (χ4n) is 2.72. The lowest BCUT2D eigenvalue weighted by Crippen LogP contribution is -2.39. The van der Waals surface area contributed by atoms with E-state index in [0.717, 1.165) is 11.3 Å². The van der Waals surface area contributed by atoms with Gasteiger partial charge in [0.2, 0.25) is 0 Å². The minimum atomic E-state index is -1.08. The Labute approximate surface area is 159 Å². The number of carboxylic acid groups (broad SMARTS) is 1. The van der Waals surface area contributed by atoms with Crippen molar-refractivity contribution in [2.45, 2.75) is 27.2 Å². The fourth-order valence-corrected chi connectivity index (χ4v) is 2.72. The summed E-state index contributed by atoms with van der Waals surface area (Å²) >= 11 is 0. The van der Waals surface area contributed by atoms with E-state index in [1.165, 1.54) is 18.3 Å². The van der Waals surface area contributed by atoms with E-state index in [9.17, 15) is 9.59 Å². The molecule has 0 radical (unpaired) electrons. The first-order valence-corrected chi connectivity index (χ1v) is 8.81. The van der Waals surface area contributed by atoms with E-state index in [1.807, 2.05) is 24.3 Å². The van der Waals surface area contributed by atoms with Crippen molar-refractivity contribution in [2.24, 2.45) is 5.41 Å². The Kier molecular flexibility index (Phi) is 6.55. The highest BCUT2D eigenvalue weighted by Gasteiger charge is 2.23. The van der Waals surface area contributed by atoms with Gasteiger partial charge in [-0.15, -0.1) is 0 Å². The molecule has 0 saturated heterocycles. The minimum Gasteiger partial charge on any atom is -0.497 e. The molecule has 1 N–H and O–H groups in total. The maximum Gasteiger partial charge on any atom is 0.335 e. The van der Waals surface area contributed by atoms with Crippen LogP contribution < -0.4 is 4.74 Å². The first-order chi connectivity index (χ1) is 12.7. The summed E-state index contributed by atoms with van der Waals surface area (Å²) < 4.78 is 5.17. The number of carbonyl (C=O) groups excluding carboxylic acids is 1. The van der Waals surface area contributed by atoms with Crippen molar-refractivity contribution >= 4 is 11.9 Å². The summed E-state index contributed by atoms with van der Waals surface area (Å²) in [6.07, 6.45) is 2.04. The summed E-state index contributed by atoms with van der Waals surface area (Å²) in [6.45, 7) is 7.23. The van der Waals surface area contributed by atoms with Crippen LogP contribution in [0.2, 0.25) is 0 Å². The molecule has 144 valence electrons. The van der Waals surface area contributed by atoms with Crippen LogP contribution in [-0.2, 0) is 6.42 Å². The largest absolute Gasteiger partial charge is 0.497 e. The van der Waals surface area contributed by atoms with Gasteiger partial charge in [-0.25, -0.2) is 4.79 Å². The summed E-state index contributed by atoms with van der Waals surface area (Å²) in [6, 6.07) is 10.4. The van der Waals surface area contributed by atoms with Gasteiger partial charge in [0.25, 0.3) is 5.91 Å². The molecule has 6 nitrogen and oxygen atoms in total. The van der Waals surface area contributed by atoms with Gasteiger partial charge in [-0.05, 0) is 41.7 Å². The highest BCUT2D eigenvalue weighted by molar-refractivity contribution is 5.95. The van der Waals surface area contributed by atoms with Crippen molar-refractivity contribution in [3.63, 3.8) is 0 Å². The number of hydrogen-bond acceptors (Lipinski definition) is 4. The molecule has 2 aromatic rings. The molecule has 0 aliphatic rings. The van der Waals surface area contributed by atoms with E-state index < -0.39 is 5.97 Å². The Bertz CT molecular complexity index is 795. The molecule has 6 heteroatoms. The van der Waals surface area contributed by atoms with Gasteiger partial charge in [0.15, 0.2) is 0 Å². The molecule has 27 heavy (non-hydrogen) atoms. The average Bonchev–Trinajstić information content (AvgIpc) is 2.64. The van der Waals surface area contributed by atoms with Crippen molar-refractivity contribution in [3.8, 4) is 5.75 Å². The molecule has 1 heterocycles.